The Morgan fingerprint density at radius 1 is 1.29 bits per heavy atom. The number of nitrogens with zero attached hydrogens (tertiary/aromatic N) is 1. The summed E-state index contributed by atoms with van der Waals surface area (Å²) in [6.07, 6.45) is 0.500. The number of nitrogens with two attached hydrogens (primary N) is 1. The van der Waals surface area contributed by atoms with Crippen molar-refractivity contribution in [3.8, 4) is 0 Å². The normalized spacial score (nSPS) is 17.6. The van der Waals surface area contributed by atoms with Crippen LogP contribution in [0.3, 0.4) is 0 Å². The minimum Gasteiger partial charge on any atom is -0.399 e. The van der Waals surface area contributed by atoms with Crippen LogP contribution in [0.1, 0.15) is 19.8 Å². The zero-order valence-electron chi connectivity index (χ0n) is 9.44. The molecule has 0 radical (unpaired) electrons. The number of halogens is 1. The van der Waals surface area contributed by atoms with Gasteiger partial charge in [0.1, 0.15) is 5.82 Å². The maximum absolute atomic E-state index is 13.6. The van der Waals surface area contributed by atoms with E-state index in [1.807, 2.05) is 6.92 Å². The third-order valence-electron chi connectivity index (χ3n) is 2.76. The van der Waals surface area contributed by atoms with Gasteiger partial charge in [0.05, 0.1) is 5.69 Å². The fraction of sp³-hybridized carbons (Fsp3) is 0.333. The Bertz CT molecular complexity index is 469. The van der Waals surface area contributed by atoms with E-state index in [9.17, 15) is 14.0 Å². The molecule has 1 aliphatic rings. The fourth-order valence-electron chi connectivity index (χ4n) is 1.96. The van der Waals surface area contributed by atoms with Crippen molar-refractivity contribution >= 4 is 23.2 Å². The van der Waals surface area contributed by atoms with E-state index in [-0.39, 0.29) is 36.3 Å². The first-order valence-corrected chi connectivity index (χ1v) is 5.40. The van der Waals surface area contributed by atoms with Crippen molar-refractivity contribution in [2.45, 2.75) is 19.8 Å². The fourth-order valence-corrected chi connectivity index (χ4v) is 1.96. The summed E-state index contributed by atoms with van der Waals surface area (Å²) in [7, 11) is 0. The minimum atomic E-state index is -0.615. The van der Waals surface area contributed by atoms with Crippen molar-refractivity contribution in [1.82, 2.24) is 0 Å². The minimum absolute atomic E-state index is 0.00960. The van der Waals surface area contributed by atoms with Gasteiger partial charge in [-0.3, -0.25) is 9.59 Å². The second-order valence-corrected chi connectivity index (χ2v) is 4.35. The SMILES string of the molecule is CC1CC(=O)N(c2cc(N)ccc2F)C(=O)C1. The number of carbonyl (C=O) groups excluding carboxylic acids is 2. The summed E-state index contributed by atoms with van der Waals surface area (Å²) in [5, 5.41) is 0. The zero-order valence-corrected chi connectivity index (χ0v) is 9.44. The molecule has 17 heavy (non-hydrogen) atoms. The van der Waals surface area contributed by atoms with Crippen molar-refractivity contribution < 1.29 is 14.0 Å². The van der Waals surface area contributed by atoms with Crippen molar-refractivity contribution in [2.75, 3.05) is 10.6 Å². The molecule has 2 N–H and O–H groups in total. The van der Waals surface area contributed by atoms with Gasteiger partial charge in [0, 0.05) is 18.5 Å². The first kappa shape index (κ1) is 11.6. The number of imide groups is 1. The number of hydrogen-bond acceptors (Lipinski definition) is 3. The lowest BCUT2D eigenvalue weighted by Gasteiger charge is -2.28. The Kier molecular flexibility index (Phi) is 2.83. The molecular formula is C12H13FN2O2. The molecule has 1 fully saturated rings. The summed E-state index contributed by atoms with van der Waals surface area (Å²) < 4.78 is 13.6. The predicted molar refractivity (Wildman–Crippen MR) is 61.7 cm³/mol. The van der Waals surface area contributed by atoms with Crippen LogP contribution in [0.4, 0.5) is 15.8 Å². The molecule has 0 aromatic heterocycles. The molecule has 0 spiro atoms. The average Bonchev–Trinajstić information content (AvgIpc) is 2.21. The second-order valence-electron chi connectivity index (χ2n) is 4.35. The standard InChI is InChI=1S/C12H13FN2O2/c1-7-4-11(16)15(12(17)5-7)10-6-8(14)2-3-9(10)13/h2-3,6-7H,4-5,14H2,1H3. The number of anilines is 2. The van der Waals surface area contributed by atoms with Crippen molar-refractivity contribution in [3.63, 3.8) is 0 Å². The smallest absolute Gasteiger partial charge is 0.234 e. The van der Waals surface area contributed by atoms with Crippen LogP contribution in [0.2, 0.25) is 0 Å². The van der Waals surface area contributed by atoms with Gasteiger partial charge in [0.2, 0.25) is 11.8 Å². The van der Waals surface area contributed by atoms with Crippen LogP contribution >= 0.6 is 0 Å². The van der Waals surface area contributed by atoms with E-state index in [4.69, 9.17) is 5.73 Å². The average molecular weight is 236 g/mol. The molecule has 0 unspecified atom stereocenters. The predicted octanol–water partition coefficient (Wildman–Crippen LogP) is 1.70. The summed E-state index contributed by atoms with van der Waals surface area (Å²) in [4.78, 5) is 24.4. The molecule has 5 heteroatoms. The molecule has 1 aromatic carbocycles. The zero-order chi connectivity index (χ0) is 12.6. The molecule has 2 rings (SSSR count). The van der Waals surface area contributed by atoms with Crippen LogP contribution < -0.4 is 10.6 Å². The molecular weight excluding hydrogens is 223 g/mol. The number of hydrogen-bond donors (Lipinski definition) is 1. The van der Waals surface area contributed by atoms with Gasteiger partial charge in [-0.2, -0.15) is 0 Å². The summed E-state index contributed by atoms with van der Waals surface area (Å²) in [6, 6.07) is 3.85. The molecule has 4 nitrogen and oxygen atoms in total. The van der Waals surface area contributed by atoms with E-state index in [0.717, 1.165) is 11.0 Å². The maximum atomic E-state index is 13.6. The van der Waals surface area contributed by atoms with Gasteiger partial charge in [-0.15, -0.1) is 0 Å². The number of rotatable bonds is 1. The third-order valence-corrected chi connectivity index (χ3v) is 2.76. The third kappa shape index (κ3) is 2.13. The summed E-state index contributed by atoms with van der Waals surface area (Å²) in [5.74, 6) is -1.36. The van der Waals surface area contributed by atoms with Crippen molar-refractivity contribution in [2.24, 2.45) is 5.92 Å². The second kappa shape index (κ2) is 4.16. The molecule has 0 bridgehead atoms. The number of nitrogen functional groups attached to an aromatic ring is 1. The Morgan fingerprint density at radius 3 is 2.47 bits per heavy atom. The van der Waals surface area contributed by atoms with Gasteiger partial charge in [-0.05, 0) is 24.1 Å². The van der Waals surface area contributed by atoms with Crippen LogP contribution in [-0.2, 0) is 9.59 Å². The summed E-state index contributed by atoms with van der Waals surface area (Å²) >= 11 is 0. The number of carbonyl (C=O) groups is 2. The van der Waals surface area contributed by atoms with Gasteiger partial charge in [0.25, 0.3) is 0 Å². The number of amides is 2. The van der Waals surface area contributed by atoms with E-state index in [1.54, 1.807) is 0 Å². The lowest BCUT2D eigenvalue weighted by molar-refractivity contribution is -0.130. The Hall–Kier alpha value is -1.91. The topological polar surface area (TPSA) is 63.4 Å². The highest BCUT2D eigenvalue weighted by Gasteiger charge is 2.32. The quantitative estimate of drug-likeness (QED) is 0.596. The van der Waals surface area contributed by atoms with Gasteiger partial charge in [0.15, 0.2) is 0 Å². The molecule has 90 valence electrons. The monoisotopic (exact) mass is 236 g/mol. The van der Waals surface area contributed by atoms with E-state index < -0.39 is 5.82 Å². The van der Waals surface area contributed by atoms with Gasteiger partial charge in [-0.25, -0.2) is 9.29 Å². The Balaban J connectivity index is 2.41. The van der Waals surface area contributed by atoms with Gasteiger partial charge >= 0.3 is 0 Å². The van der Waals surface area contributed by atoms with E-state index in [0.29, 0.717) is 5.69 Å². The highest BCUT2D eigenvalue weighted by molar-refractivity contribution is 6.16. The van der Waals surface area contributed by atoms with Crippen LogP contribution in [0.5, 0.6) is 0 Å². The van der Waals surface area contributed by atoms with Crippen LogP contribution in [-0.4, -0.2) is 11.8 Å². The molecule has 1 aromatic rings. The van der Waals surface area contributed by atoms with Crippen LogP contribution in [0.15, 0.2) is 18.2 Å². The largest absolute Gasteiger partial charge is 0.399 e. The first-order valence-electron chi connectivity index (χ1n) is 5.40. The lowest BCUT2D eigenvalue weighted by atomic mass is 9.97. The summed E-state index contributed by atoms with van der Waals surface area (Å²) in [6.45, 7) is 1.82. The molecule has 1 heterocycles. The van der Waals surface area contributed by atoms with E-state index >= 15 is 0 Å². The highest BCUT2D eigenvalue weighted by atomic mass is 19.1. The number of benzene rings is 1. The molecule has 0 aliphatic carbocycles. The molecule has 2 amide bonds. The Morgan fingerprint density at radius 2 is 1.88 bits per heavy atom. The van der Waals surface area contributed by atoms with E-state index in [2.05, 4.69) is 0 Å². The van der Waals surface area contributed by atoms with Crippen molar-refractivity contribution in [3.05, 3.63) is 24.0 Å². The van der Waals surface area contributed by atoms with Crippen molar-refractivity contribution in [1.29, 1.82) is 0 Å². The van der Waals surface area contributed by atoms with E-state index in [1.165, 1.54) is 12.1 Å². The first-order chi connectivity index (χ1) is 7.99. The summed E-state index contributed by atoms with van der Waals surface area (Å²) in [5.41, 5.74) is 5.81. The molecule has 0 saturated carbocycles. The number of piperidine rings is 1. The van der Waals surface area contributed by atoms with Gasteiger partial charge < -0.3 is 5.73 Å². The molecule has 1 saturated heterocycles. The highest BCUT2D eigenvalue weighted by Crippen LogP contribution is 2.28. The van der Waals surface area contributed by atoms with Crippen LogP contribution in [0, 0.1) is 11.7 Å². The Labute approximate surface area is 98.2 Å². The lowest BCUT2D eigenvalue weighted by Crippen LogP contribution is -2.43. The van der Waals surface area contributed by atoms with Gasteiger partial charge in [-0.1, -0.05) is 6.92 Å². The molecule has 1 aliphatic heterocycles. The maximum Gasteiger partial charge on any atom is 0.234 e. The molecule has 0 atom stereocenters. The van der Waals surface area contributed by atoms with Crippen LogP contribution in [0.25, 0.3) is 0 Å².